The zero-order valence-corrected chi connectivity index (χ0v) is 19.2. The SMILES string of the molecule is COc1cc(-c2ccc(NC(C)C)cc2F)c(OC)cc1C=C(C)C(=O)N[C@H](C)C(N)=O. The maximum absolute atomic E-state index is 14.9. The van der Waals surface area contributed by atoms with Crippen molar-refractivity contribution in [3.63, 3.8) is 0 Å². The minimum absolute atomic E-state index is 0.173. The molecule has 0 bridgehead atoms. The standard InChI is InChI=1S/C24H30FN3O4/c1-13(2)27-17-7-8-18(20(25)11-17)19-12-21(31-5)16(10-22(19)32-6)9-14(3)24(30)28-15(4)23(26)29/h7-13,15,27H,1-6H3,(H2,26,29)(H,28,30)/t15-/m1/s1. The lowest BCUT2D eigenvalue weighted by molar-refractivity contribution is -0.124. The number of hydrogen-bond donors (Lipinski definition) is 3. The molecule has 0 unspecified atom stereocenters. The van der Waals surface area contributed by atoms with Crippen LogP contribution in [0.25, 0.3) is 17.2 Å². The Kier molecular flexibility index (Phi) is 8.23. The van der Waals surface area contributed by atoms with Gasteiger partial charge in [-0.05, 0) is 64.1 Å². The first-order valence-electron chi connectivity index (χ1n) is 10.2. The molecule has 0 saturated carbocycles. The summed E-state index contributed by atoms with van der Waals surface area (Å²) in [6, 6.07) is 7.61. The van der Waals surface area contributed by atoms with Crippen molar-refractivity contribution < 1.29 is 23.5 Å². The third-order valence-electron chi connectivity index (χ3n) is 4.77. The summed E-state index contributed by atoms with van der Waals surface area (Å²) in [6.07, 6.45) is 1.60. The van der Waals surface area contributed by atoms with Crippen molar-refractivity contribution in [1.82, 2.24) is 5.32 Å². The van der Waals surface area contributed by atoms with Crippen LogP contribution in [0.15, 0.2) is 35.9 Å². The van der Waals surface area contributed by atoms with Crippen molar-refractivity contribution in [3.8, 4) is 22.6 Å². The summed E-state index contributed by atoms with van der Waals surface area (Å²) < 4.78 is 25.9. The quantitative estimate of drug-likeness (QED) is 0.513. The van der Waals surface area contributed by atoms with E-state index in [0.717, 1.165) is 0 Å². The van der Waals surface area contributed by atoms with Crippen LogP contribution in [0.2, 0.25) is 0 Å². The number of primary amides is 1. The smallest absolute Gasteiger partial charge is 0.247 e. The molecule has 4 N–H and O–H groups in total. The minimum atomic E-state index is -0.805. The average molecular weight is 444 g/mol. The number of amides is 2. The van der Waals surface area contributed by atoms with Gasteiger partial charge in [0.25, 0.3) is 0 Å². The summed E-state index contributed by atoms with van der Waals surface area (Å²) in [6.45, 7) is 7.05. The fourth-order valence-electron chi connectivity index (χ4n) is 3.08. The molecule has 2 aromatic rings. The fourth-order valence-corrected chi connectivity index (χ4v) is 3.08. The van der Waals surface area contributed by atoms with Gasteiger partial charge in [0.15, 0.2) is 0 Å². The van der Waals surface area contributed by atoms with E-state index in [0.29, 0.717) is 39.4 Å². The number of nitrogens with two attached hydrogens (primary N) is 1. The number of methoxy groups -OCH3 is 2. The molecular formula is C24H30FN3O4. The molecular weight excluding hydrogens is 413 g/mol. The van der Waals surface area contributed by atoms with Gasteiger partial charge < -0.3 is 25.8 Å². The van der Waals surface area contributed by atoms with E-state index < -0.39 is 23.7 Å². The Morgan fingerprint density at radius 2 is 1.69 bits per heavy atom. The highest BCUT2D eigenvalue weighted by atomic mass is 19.1. The average Bonchev–Trinajstić information content (AvgIpc) is 2.73. The lowest BCUT2D eigenvalue weighted by Crippen LogP contribution is -2.42. The van der Waals surface area contributed by atoms with Crippen LogP contribution in [0.1, 0.15) is 33.3 Å². The van der Waals surface area contributed by atoms with Crippen LogP contribution < -0.4 is 25.8 Å². The van der Waals surface area contributed by atoms with Gasteiger partial charge in [-0.1, -0.05) is 0 Å². The number of nitrogens with one attached hydrogen (secondary N) is 2. The molecule has 172 valence electrons. The molecule has 2 aromatic carbocycles. The first-order valence-corrected chi connectivity index (χ1v) is 10.2. The van der Waals surface area contributed by atoms with E-state index >= 15 is 0 Å². The molecule has 0 heterocycles. The number of benzene rings is 2. The van der Waals surface area contributed by atoms with E-state index in [1.54, 1.807) is 37.3 Å². The number of anilines is 1. The molecule has 2 rings (SSSR count). The van der Waals surface area contributed by atoms with Crippen LogP contribution in [-0.4, -0.2) is 38.1 Å². The monoisotopic (exact) mass is 443 g/mol. The molecule has 0 saturated heterocycles. The number of rotatable bonds is 9. The lowest BCUT2D eigenvalue weighted by atomic mass is 9.99. The molecule has 1 atom stereocenters. The van der Waals surface area contributed by atoms with Crippen molar-refractivity contribution >= 4 is 23.6 Å². The van der Waals surface area contributed by atoms with Crippen LogP contribution in [0.4, 0.5) is 10.1 Å². The van der Waals surface area contributed by atoms with Crippen molar-refractivity contribution in [2.75, 3.05) is 19.5 Å². The maximum atomic E-state index is 14.9. The van der Waals surface area contributed by atoms with E-state index in [9.17, 15) is 14.0 Å². The Balaban J connectivity index is 2.47. The second-order valence-corrected chi connectivity index (χ2v) is 7.71. The first kappa shape index (κ1) is 24.7. The van der Waals surface area contributed by atoms with E-state index in [2.05, 4.69) is 10.6 Å². The second kappa shape index (κ2) is 10.7. The normalized spacial score (nSPS) is 12.3. The van der Waals surface area contributed by atoms with Crippen LogP contribution in [0.5, 0.6) is 11.5 Å². The van der Waals surface area contributed by atoms with E-state index in [4.69, 9.17) is 15.2 Å². The van der Waals surface area contributed by atoms with Crippen molar-refractivity contribution in [2.45, 2.75) is 39.8 Å². The summed E-state index contributed by atoms with van der Waals surface area (Å²) in [7, 11) is 2.97. The van der Waals surface area contributed by atoms with Crippen LogP contribution in [0, 0.1) is 5.82 Å². The first-order chi connectivity index (χ1) is 15.1. The molecule has 8 heteroatoms. The fraction of sp³-hybridized carbons (Fsp3) is 0.333. The Labute approximate surface area is 187 Å². The van der Waals surface area contributed by atoms with Crippen molar-refractivity contribution in [1.29, 1.82) is 0 Å². The number of hydrogen-bond acceptors (Lipinski definition) is 5. The molecule has 0 aliphatic heterocycles. The predicted molar refractivity (Wildman–Crippen MR) is 124 cm³/mol. The lowest BCUT2D eigenvalue weighted by Gasteiger charge is -2.16. The van der Waals surface area contributed by atoms with E-state index in [1.807, 2.05) is 13.8 Å². The largest absolute Gasteiger partial charge is 0.496 e. The predicted octanol–water partition coefficient (Wildman–Crippen LogP) is 3.72. The third kappa shape index (κ3) is 6.00. The Morgan fingerprint density at radius 1 is 1.03 bits per heavy atom. The zero-order chi connectivity index (χ0) is 24.0. The molecule has 0 aliphatic carbocycles. The van der Waals surface area contributed by atoms with Gasteiger partial charge in [-0.2, -0.15) is 0 Å². The van der Waals surface area contributed by atoms with Crippen LogP contribution in [-0.2, 0) is 9.59 Å². The van der Waals surface area contributed by atoms with Gasteiger partial charge in [-0.25, -0.2) is 4.39 Å². The molecule has 0 aliphatic rings. The third-order valence-corrected chi connectivity index (χ3v) is 4.77. The van der Waals surface area contributed by atoms with E-state index in [-0.39, 0.29) is 6.04 Å². The van der Waals surface area contributed by atoms with Gasteiger partial charge >= 0.3 is 0 Å². The highest BCUT2D eigenvalue weighted by Crippen LogP contribution is 2.38. The number of carbonyl (C=O) groups excluding carboxylic acids is 2. The summed E-state index contributed by atoms with van der Waals surface area (Å²) in [4.78, 5) is 23.5. The van der Waals surface area contributed by atoms with Crippen molar-refractivity contribution in [3.05, 3.63) is 47.3 Å². The van der Waals surface area contributed by atoms with Gasteiger partial charge in [-0.15, -0.1) is 0 Å². The molecule has 7 nitrogen and oxygen atoms in total. The number of carbonyl (C=O) groups is 2. The summed E-state index contributed by atoms with van der Waals surface area (Å²) in [5.74, 6) is -0.638. The van der Waals surface area contributed by atoms with Crippen LogP contribution in [0.3, 0.4) is 0 Å². The van der Waals surface area contributed by atoms with Gasteiger partial charge in [0.2, 0.25) is 11.8 Å². The van der Waals surface area contributed by atoms with Crippen molar-refractivity contribution in [2.24, 2.45) is 5.73 Å². The van der Waals surface area contributed by atoms with Crippen LogP contribution >= 0.6 is 0 Å². The Hall–Kier alpha value is -3.55. The van der Waals surface area contributed by atoms with Gasteiger partial charge in [-0.3, -0.25) is 9.59 Å². The second-order valence-electron chi connectivity index (χ2n) is 7.71. The summed E-state index contributed by atoms with van der Waals surface area (Å²) in [5.41, 5.74) is 7.64. The molecule has 0 spiro atoms. The molecule has 2 amide bonds. The minimum Gasteiger partial charge on any atom is -0.496 e. The maximum Gasteiger partial charge on any atom is 0.247 e. The summed E-state index contributed by atoms with van der Waals surface area (Å²) >= 11 is 0. The molecule has 32 heavy (non-hydrogen) atoms. The molecule has 0 fully saturated rings. The topological polar surface area (TPSA) is 103 Å². The van der Waals surface area contributed by atoms with Gasteiger partial charge in [0.05, 0.1) is 14.2 Å². The van der Waals surface area contributed by atoms with E-state index in [1.165, 1.54) is 27.2 Å². The van der Waals surface area contributed by atoms with Gasteiger partial charge in [0, 0.05) is 34.0 Å². The van der Waals surface area contributed by atoms with Gasteiger partial charge in [0.1, 0.15) is 23.4 Å². The number of halogens is 1. The Bertz CT molecular complexity index is 1030. The molecule has 0 aromatic heterocycles. The highest BCUT2D eigenvalue weighted by Gasteiger charge is 2.18. The highest BCUT2D eigenvalue weighted by molar-refractivity contribution is 6.00. The number of ether oxygens (including phenoxy) is 2. The summed E-state index contributed by atoms with van der Waals surface area (Å²) in [5, 5.41) is 5.69. The Morgan fingerprint density at radius 3 is 2.22 bits per heavy atom. The molecule has 0 radical (unpaired) electrons. The zero-order valence-electron chi connectivity index (χ0n) is 19.2.